The average molecular weight is 591 g/mol. The summed E-state index contributed by atoms with van der Waals surface area (Å²) >= 11 is 0. The monoisotopic (exact) mass is 590 g/mol. The average Bonchev–Trinajstić information content (AvgIpc) is 3.54. The Morgan fingerprint density at radius 3 is 2.55 bits per heavy atom. The topological polar surface area (TPSA) is 151 Å². The van der Waals surface area contributed by atoms with Crippen molar-refractivity contribution in [1.82, 2.24) is 39.8 Å². The van der Waals surface area contributed by atoms with Crippen molar-refractivity contribution in [3.8, 4) is 0 Å². The number of amides is 2. The number of carbonyl (C=O) groups excluding carboxylic acids is 2. The molecule has 12 nitrogen and oxygen atoms in total. The Labute approximate surface area is 230 Å². The molecule has 3 N–H and O–H groups in total. The number of fused-ring (bicyclic) bond motifs is 1. The number of carbonyl (C=O) groups is 2. The lowest BCUT2D eigenvalue weighted by Crippen LogP contribution is -2.32. The maximum absolute atomic E-state index is 13.4. The van der Waals surface area contributed by atoms with Crippen LogP contribution in [0.25, 0.3) is 5.78 Å². The lowest BCUT2D eigenvalue weighted by atomic mass is 10.1. The third kappa shape index (κ3) is 8.56. The van der Waals surface area contributed by atoms with E-state index in [0.717, 1.165) is 29.4 Å². The highest BCUT2D eigenvalue weighted by atomic mass is 35.7. The second kappa shape index (κ2) is 13.8. The van der Waals surface area contributed by atoms with E-state index in [1.807, 2.05) is 0 Å². The first kappa shape index (κ1) is 31.3. The highest BCUT2D eigenvalue weighted by molar-refractivity contribution is 8.11. The van der Waals surface area contributed by atoms with Crippen molar-refractivity contribution in [2.45, 2.75) is 19.9 Å². The number of hydrogen-bond acceptors (Lipinski definition) is 8. The normalized spacial score (nSPS) is 14.9. The first-order valence-electron chi connectivity index (χ1n) is 11.3. The Morgan fingerprint density at radius 1 is 1.24 bits per heavy atom. The van der Waals surface area contributed by atoms with Crippen LogP contribution in [0.4, 0.5) is 4.39 Å². The number of hydrogen-bond donors (Lipinski definition) is 3. The van der Waals surface area contributed by atoms with Gasteiger partial charge in [0.25, 0.3) is 26.8 Å². The fourth-order valence-electron chi connectivity index (χ4n) is 3.40. The van der Waals surface area contributed by atoms with Crippen LogP contribution in [0.15, 0.2) is 30.6 Å². The summed E-state index contributed by atoms with van der Waals surface area (Å²) in [6.07, 6.45) is 2.29. The van der Waals surface area contributed by atoms with Crippen LogP contribution in [0.1, 0.15) is 38.5 Å². The zero-order chi connectivity index (χ0) is 27.2. The van der Waals surface area contributed by atoms with Crippen LogP contribution in [-0.2, 0) is 15.8 Å². The van der Waals surface area contributed by atoms with Gasteiger partial charge in [0, 0.05) is 43.9 Å². The number of nitrogens with zero attached hydrogens (tertiary/aromatic N) is 5. The van der Waals surface area contributed by atoms with Crippen molar-refractivity contribution in [2.75, 3.05) is 33.7 Å². The molecule has 0 unspecified atom stereocenters. The largest absolute Gasteiger partial charge is 0.350 e. The Kier molecular flexibility index (Phi) is 11.3. The fraction of sp³-hybridized carbons (Fsp3) is 0.409. The summed E-state index contributed by atoms with van der Waals surface area (Å²) in [6.45, 7) is 4.21. The van der Waals surface area contributed by atoms with Crippen molar-refractivity contribution in [3.05, 3.63) is 58.9 Å². The van der Waals surface area contributed by atoms with Crippen LogP contribution in [-0.4, -0.2) is 77.8 Å². The van der Waals surface area contributed by atoms with Gasteiger partial charge in [-0.05, 0) is 49.5 Å². The molecule has 0 saturated carbocycles. The molecule has 1 aliphatic rings. The third-order valence-electron chi connectivity index (χ3n) is 5.54. The van der Waals surface area contributed by atoms with Crippen LogP contribution in [0.5, 0.6) is 0 Å². The van der Waals surface area contributed by atoms with E-state index in [0.29, 0.717) is 18.0 Å². The highest BCUT2D eigenvalue weighted by Crippen LogP contribution is 2.11. The van der Waals surface area contributed by atoms with Gasteiger partial charge in [-0.1, -0.05) is 12.1 Å². The molecule has 0 spiro atoms. The zero-order valence-electron chi connectivity index (χ0n) is 20.9. The smallest absolute Gasteiger partial charge is 0.299 e. The van der Waals surface area contributed by atoms with E-state index in [1.165, 1.54) is 37.1 Å². The molecule has 1 fully saturated rings. The molecule has 2 amide bonds. The van der Waals surface area contributed by atoms with Gasteiger partial charge in [-0.15, -0.1) is 12.4 Å². The summed E-state index contributed by atoms with van der Waals surface area (Å²) in [7, 11) is 4.06. The molecule has 0 radical (unpaired) electrons. The number of halogens is 3. The predicted molar refractivity (Wildman–Crippen MR) is 142 cm³/mol. The molecule has 3 heterocycles. The molecule has 208 valence electrons. The van der Waals surface area contributed by atoms with E-state index in [4.69, 9.17) is 10.7 Å². The van der Waals surface area contributed by atoms with Gasteiger partial charge in [-0.2, -0.15) is 27.3 Å². The SMILES string of the molecule is CN(C)S(=O)(=O)Cl.Cc1cc(CNC(=O)c2cc(C(=O)NC[C@H]3CCNC3)n3ncnc3n2)ccc1F.Cl. The van der Waals surface area contributed by atoms with E-state index in [9.17, 15) is 22.4 Å². The van der Waals surface area contributed by atoms with Gasteiger partial charge < -0.3 is 16.0 Å². The first-order chi connectivity index (χ1) is 17.5. The minimum atomic E-state index is -3.44. The van der Waals surface area contributed by atoms with Gasteiger partial charge in [0.1, 0.15) is 23.5 Å². The molecule has 3 aromatic rings. The molecular weight excluding hydrogens is 562 g/mol. The van der Waals surface area contributed by atoms with Gasteiger partial charge >= 0.3 is 0 Å². The number of nitrogens with one attached hydrogen (secondary N) is 3. The van der Waals surface area contributed by atoms with Crippen molar-refractivity contribution >= 4 is 49.9 Å². The highest BCUT2D eigenvalue weighted by Gasteiger charge is 2.20. The molecule has 2 aromatic heterocycles. The van der Waals surface area contributed by atoms with Crippen LogP contribution in [0, 0.1) is 18.7 Å². The minimum absolute atomic E-state index is 0. The van der Waals surface area contributed by atoms with Crippen LogP contribution < -0.4 is 16.0 Å². The summed E-state index contributed by atoms with van der Waals surface area (Å²) < 4.78 is 35.7. The van der Waals surface area contributed by atoms with Crippen LogP contribution in [0.3, 0.4) is 0 Å². The second-order valence-corrected chi connectivity index (χ2v) is 11.3. The summed E-state index contributed by atoms with van der Waals surface area (Å²) in [6, 6.07) is 6.03. The number of rotatable bonds is 7. The Morgan fingerprint density at radius 2 is 1.95 bits per heavy atom. The van der Waals surface area contributed by atoms with E-state index in [-0.39, 0.29) is 47.8 Å². The molecule has 4 rings (SSSR count). The lowest BCUT2D eigenvalue weighted by Gasteiger charge is -2.11. The molecule has 1 saturated heterocycles. The van der Waals surface area contributed by atoms with Crippen molar-refractivity contribution in [2.24, 2.45) is 5.92 Å². The minimum Gasteiger partial charge on any atom is -0.350 e. The second-order valence-electron chi connectivity index (χ2n) is 8.56. The summed E-state index contributed by atoms with van der Waals surface area (Å²) in [5.41, 5.74) is 1.50. The van der Waals surface area contributed by atoms with Crippen LogP contribution >= 0.6 is 23.1 Å². The summed E-state index contributed by atoms with van der Waals surface area (Å²) in [5, 5.41) is 12.9. The van der Waals surface area contributed by atoms with E-state index < -0.39 is 15.1 Å². The molecule has 1 aromatic carbocycles. The van der Waals surface area contributed by atoms with Crippen molar-refractivity contribution in [1.29, 1.82) is 0 Å². The molecule has 16 heteroatoms. The van der Waals surface area contributed by atoms with Gasteiger partial charge in [-0.3, -0.25) is 9.59 Å². The molecule has 1 atom stereocenters. The van der Waals surface area contributed by atoms with Gasteiger partial charge in [-0.25, -0.2) is 9.37 Å². The van der Waals surface area contributed by atoms with E-state index >= 15 is 0 Å². The standard InChI is InChI=1S/C20H22FN7O2.C2H6ClNO2S.ClH/c1-12-6-13(2-3-15(12)21)9-23-18(29)16-7-17(28-20(27-16)25-11-26-28)19(30)24-10-14-4-5-22-8-14;1-4(2)7(3,5)6;/h2-3,6-7,11,14,22H,4-5,8-10H2,1H3,(H,23,29)(H,24,30);1-2H3;1H/t14-;;/m0../s1. The Hall–Kier alpha value is -2.91. The summed E-state index contributed by atoms with van der Waals surface area (Å²) in [4.78, 5) is 33.6. The molecule has 0 aliphatic carbocycles. The van der Waals surface area contributed by atoms with Crippen molar-refractivity contribution < 1.29 is 22.4 Å². The van der Waals surface area contributed by atoms with Crippen molar-refractivity contribution in [3.63, 3.8) is 0 Å². The van der Waals surface area contributed by atoms with E-state index in [1.54, 1.807) is 19.1 Å². The molecule has 38 heavy (non-hydrogen) atoms. The molecular formula is C22H29Cl2FN8O4S. The molecule has 0 bridgehead atoms. The summed E-state index contributed by atoms with van der Waals surface area (Å²) in [5.74, 6) is -0.565. The number of aryl methyl sites for hydroxylation is 1. The third-order valence-corrected chi connectivity index (χ3v) is 7.24. The van der Waals surface area contributed by atoms with Gasteiger partial charge in [0.2, 0.25) is 0 Å². The Balaban J connectivity index is 0.000000561. The van der Waals surface area contributed by atoms with Gasteiger partial charge in [0.05, 0.1) is 0 Å². The van der Waals surface area contributed by atoms with Crippen LogP contribution in [0.2, 0.25) is 0 Å². The van der Waals surface area contributed by atoms with E-state index in [2.05, 4.69) is 31.0 Å². The first-order valence-corrected chi connectivity index (χ1v) is 13.6. The number of aromatic nitrogens is 4. The Bertz CT molecular complexity index is 1380. The maximum atomic E-state index is 13.4. The maximum Gasteiger partial charge on any atom is 0.299 e. The molecule has 1 aliphatic heterocycles. The predicted octanol–water partition coefficient (Wildman–Crippen LogP) is 1.29. The quantitative estimate of drug-likeness (QED) is 0.348. The zero-order valence-corrected chi connectivity index (χ0v) is 23.3. The number of benzene rings is 1. The fourth-order valence-corrected chi connectivity index (χ4v) is 3.40. The lowest BCUT2D eigenvalue weighted by molar-refractivity contribution is 0.0940. The van der Waals surface area contributed by atoms with Gasteiger partial charge in [0.15, 0.2) is 0 Å².